The third kappa shape index (κ3) is 2.76. The van der Waals surface area contributed by atoms with Gasteiger partial charge in [-0.2, -0.15) is 5.10 Å². The molecule has 0 radical (unpaired) electrons. The van der Waals surface area contributed by atoms with Crippen molar-refractivity contribution in [2.75, 3.05) is 13.2 Å². The minimum absolute atomic E-state index is 0.0889. The van der Waals surface area contributed by atoms with Crippen molar-refractivity contribution in [2.45, 2.75) is 12.6 Å². The van der Waals surface area contributed by atoms with E-state index in [-0.39, 0.29) is 19.3 Å². The zero-order valence-corrected chi connectivity index (χ0v) is 7.51. The highest BCUT2D eigenvalue weighted by Crippen LogP contribution is 1.90. The fourth-order valence-corrected chi connectivity index (χ4v) is 0.903. The van der Waals surface area contributed by atoms with E-state index < -0.39 is 0 Å². The number of aromatic nitrogens is 3. The normalized spacial score (nSPS) is 11.1. The molecule has 0 aromatic carbocycles. The maximum absolute atomic E-state index is 8.76. The maximum Gasteiger partial charge on any atom is 0.140 e. The molecule has 6 heteroatoms. The molecule has 0 aliphatic heterocycles. The van der Waals surface area contributed by atoms with Crippen LogP contribution in [0.15, 0.2) is 6.33 Å². The van der Waals surface area contributed by atoms with E-state index in [1.807, 2.05) is 0 Å². The molecule has 1 rings (SSSR count). The molecular formula is C7H14N4O2. The summed E-state index contributed by atoms with van der Waals surface area (Å²) < 4.78 is 1.64. The lowest BCUT2D eigenvalue weighted by Gasteiger charge is -2.12. The van der Waals surface area contributed by atoms with Gasteiger partial charge in [0.1, 0.15) is 12.2 Å². The van der Waals surface area contributed by atoms with Crippen LogP contribution in [-0.2, 0) is 13.6 Å². The Labute approximate surface area is 76.2 Å². The molecular weight excluding hydrogens is 172 g/mol. The van der Waals surface area contributed by atoms with Gasteiger partial charge < -0.3 is 15.5 Å². The third-order valence-corrected chi connectivity index (χ3v) is 1.79. The molecule has 0 amide bonds. The van der Waals surface area contributed by atoms with Crippen molar-refractivity contribution in [2.24, 2.45) is 7.05 Å². The van der Waals surface area contributed by atoms with Gasteiger partial charge in [-0.05, 0) is 0 Å². The molecule has 0 aliphatic carbocycles. The Morgan fingerprint density at radius 1 is 1.54 bits per heavy atom. The molecule has 1 aromatic rings. The number of hydrogen-bond acceptors (Lipinski definition) is 5. The molecule has 0 saturated carbocycles. The number of aliphatic hydroxyl groups excluding tert-OH is 2. The summed E-state index contributed by atoms with van der Waals surface area (Å²) in [6.07, 6.45) is 1.46. The van der Waals surface area contributed by atoms with Gasteiger partial charge in [-0.1, -0.05) is 0 Å². The number of rotatable bonds is 5. The molecule has 0 bridgehead atoms. The van der Waals surface area contributed by atoms with E-state index in [2.05, 4.69) is 15.4 Å². The van der Waals surface area contributed by atoms with E-state index in [9.17, 15) is 0 Å². The SMILES string of the molecule is Cn1ncnc1CNC(CO)CO. The predicted molar refractivity (Wildman–Crippen MR) is 45.8 cm³/mol. The van der Waals surface area contributed by atoms with Gasteiger partial charge in [0.15, 0.2) is 0 Å². The summed E-state index contributed by atoms with van der Waals surface area (Å²) in [5.74, 6) is 0.770. The van der Waals surface area contributed by atoms with Crippen molar-refractivity contribution in [3.63, 3.8) is 0 Å². The Morgan fingerprint density at radius 2 is 2.23 bits per heavy atom. The van der Waals surface area contributed by atoms with Crippen LogP contribution < -0.4 is 5.32 Å². The second-order valence-corrected chi connectivity index (χ2v) is 2.74. The molecule has 0 spiro atoms. The standard InChI is InChI=1S/C7H14N4O2/c1-11-7(9-5-10-11)2-8-6(3-12)4-13/h5-6,8,12-13H,2-4H2,1H3. The Morgan fingerprint density at radius 3 is 2.69 bits per heavy atom. The van der Waals surface area contributed by atoms with E-state index in [4.69, 9.17) is 10.2 Å². The second kappa shape index (κ2) is 4.90. The van der Waals surface area contributed by atoms with E-state index in [0.29, 0.717) is 6.54 Å². The lowest BCUT2D eigenvalue weighted by atomic mass is 10.3. The van der Waals surface area contributed by atoms with Crippen LogP contribution in [0.3, 0.4) is 0 Å². The van der Waals surface area contributed by atoms with E-state index in [1.54, 1.807) is 11.7 Å². The molecule has 0 saturated heterocycles. The maximum atomic E-state index is 8.76. The first kappa shape index (κ1) is 10.1. The van der Waals surface area contributed by atoms with Crippen molar-refractivity contribution in [1.29, 1.82) is 0 Å². The van der Waals surface area contributed by atoms with Gasteiger partial charge in [0, 0.05) is 7.05 Å². The van der Waals surface area contributed by atoms with Crippen LogP contribution in [0.25, 0.3) is 0 Å². The van der Waals surface area contributed by atoms with Crippen LogP contribution in [-0.4, -0.2) is 44.2 Å². The first-order valence-electron chi connectivity index (χ1n) is 4.06. The molecule has 3 N–H and O–H groups in total. The van der Waals surface area contributed by atoms with E-state index in [1.165, 1.54) is 6.33 Å². The van der Waals surface area contributed by atoms with Crippen LogP contribution >= 0.6 is 0 Å². The first-order chi connectivity index (χ1) is 6.27. The van der Waals surface area contributed by atoms with E-state index in [0.717, 1.165) is 5.82 Å². The molecule has 1 heterocycles. The second-order valence-electron chi connectivity index (χ2n) is 2.74. The van der Waals surface area contributed by atoms with Crippen LogP contribution in [0.5, 0.6) is 0 Å². The number of nitrogens with zero attached hydrogens (tertiary/aromatic N) is 3. The minimum atomic E-state index is -0.295. The van der Waals surface area contributed by atoms with Gasteiger partial charge in [0.05, 0.1) is 25.8 Å². The molecule has 74 valence electrons. The monoisotopic (exact) mass is 186 g/mol. The fraction of sp³-hybridized carbons (Fsp3) is 0.714. The molecule has 0 atom stereocenters. The molecule has 0 aliphatic rings. The minimum Gasteiger partial charge on any atom is -0.395 e. The number of hydrogen-bond donors (Lipinski definition) is 3. The summed E-state index contributed by atoms with van der Waals surface area (Å²) in [5, 5.41) is 24.3. The molecule has 1 aromatic heterocycles. The highest BCUT2D eigenvalue weighted by atomic mass is 16.3. The summed E-state index contributed by atoms with van der Waals surface area (Å²) in [6, 6.07) is -0.295. The number of aliphatic hydroxyl groups is 2. The van der Waals surface area contributed by atoms with E-state index >= 15 is 0 Å². The Balaban J connectivity index is 2.38. The van der Waals surface area contributed by atoms with Crippen LogP contribution in [0, 0.1) is 0 Å². The molecule has 13 heavy (non-hydrogen) atoms. The zero-order chi connectivity index (χ0) is 9.68. The van der Waals surface area contributed by atoms with Gasteiger partial charge in [-0.15, -0.1) is 0 Å². The average molecular weight is 186 g/mol. The van der Waals surface area contributed by atoms with Gasteiger partial charge >= 0.3 is 0 Å². The van der Waals surface area contributed by atoms with Crippen molar-refractivity contribution in [3.8, 4) is 0 Å². The zero-order valence-electron chi connectivity index (χ0n) is 7.51. The van der Waals surface area contributed by atoms with Crippen molar-refractivity contribution in [1.82, 2.24) is 20.1 Å². The summed E-state index contributed by atoms with van der Waals surface area (Å²) in [7, 11) is 1.79. The highest BCUT2D eigenvalue weighted by Gasteiger charge is 2.06. The van der Waals surface area contributed by atoms with Crippen molar-refractivity contribution < 1.29 is 10.2 Å². The smallest absolute Gasteiger partial charge is 0.140 e. The topological polar surface area (TPSA) is 83.2 Å². The molecule has 6 nitrogen and oxygen atoms in total. The highest BCUT2D eigenvalue weighted by molar-refractivity contribution is 4.83. The van der Waals surface area contributed by atoms with Crippen molar-refractivity contribution in [3.05, 3.63) is 12.2 Å². The lowest BCUT2D eigenvalue weighted by Crippen LogP contribution is -2.35. The average Bonchev–Trinajstić information content (AvgIpc) is 2.54. The van der Waals surface area contributed by atoms with Crippen LogP contribution in [0.1, 0.15) is 5.82 Å². The largest absolute Gasteiger partial charge is 0.395 e. The van der Waals surface area contributed by atoms with Crippen LogP contribution in [0.2, 0.25) is 0 Å². The lowest BCUT2D eigenvalue weighted by molar-refractivity contribution is 0.169. The summed E-state index contributed by atoms with van der Waals surface area (Å²) >= 11 is 0. The van der Waals surface area contributed by atoms with Gasteiger partial charge in [0.2, 0.25) is 0 Å². The summed E-state index contributed by atoms with van der Waals surface area (Å²) in [5.41, 5.74) is 0. The van der Waals surface area contributed by atoms with Crippen molar-refractivity contribution >= 4 is 0 Å². The van der Waals surface area contributed by atoms with Crippen LogP contribution in [0.4, 0.5) is 0 Å². The Kier molecular flexibility index (Phi) is 3.81. The number of aryl methyl sites for hydroxylation is 1. The number of nitrogens with one attached hydrogen (secondary N) is 1. The fourth-order valence-electron chi connectivity index (χ4n) is 0.903. The molecule has 0 unspecified atom stereocenters. The molecule has 0 fully saturated rings. The Hall–Kier alpha value is -0.980. The first-order valence-corrected chi connectivity index (χ1v) is 4.06. The summed E-state index contributed by atoms with van der Waals surface area (Å²) in [4.78, 5) is 3.98. The third-order valence-electron chi connectivity index (χ3n) is 1.79. The summed E-state index contributed by atoms with van der Waals surface area (Å²) in [6.45, 7) is 0.311. The Bertz CT molecular complexity index is 246. The van der Waals surface area contributed by atoms with Gasteiger partial charge in [0.25, 0.3) is 0 Å². The van der Waals surface area contributed by atoms with Gasteiger partial charge in [-0.25, -0.2) is 4.98 Å². The van der Waals surface area contributed by atoms with Gasteiger partial charge in [-0.3, -0.25) is 4.68 Å². The predicted octanol–water partition coefficient (Wildman–Crippen LogP) is -1.74. The quantitative estimate of drug-likeness (QED) is 0.508.